The van der Waals surface area contributed by atoms with Gasteiger partial charge in [-0.15, -0.1) is 0 Å². The van der Waals surface area contributed by atoms with Gasteiger partial charge in [0.2, 0.25) is 0 Å². The highest BCUT2D eigenvalue weighted by molar-refractivity contribution is 5.89. The van der Waals surface area contributed by atoms with Crippen molar-refractivity contribution in [3.05, 3.63) is 155 Å². The van der Waals surface area contributed by atoms with E-state index in [0.717, 1.165) is 33.4 Å². The first kappa shape index (κ1) is 29.0. The quantitative estimate of drug-likeness (QED) is 0.122. The molecule has 42 heavy (non-hydrogen) atoms. The van der Waals surface area contributed by atoms with E-state index in [1.165, 1.54) is 0 Å². The Labute approximate surface area is 246 Å². The minimum absolute atomic E-state index is 0.345. The molecule has 0 fully saturated rings. The maximum absolute atomic E-state index is 11.6. The third-order valence-corrected chi connectivity index (χ3v) is 5.65. The predicted molar refractivity (Wildman–Crippen MR) is 165 cm³/mol. The fourth-order valence-corrected chi connectivity index (χ4v) is 3.31. The summed E-state index contributed by atoms with van der Waals surface area (Å²) in [5.41, 5.74) is 5.79. The number of carbonyl (C=O) groups is 2. The summed E-state index contributed by atoms with van der Waals surface area (Å²) in [6.45, 7) is 10.4. The van der Waals surface area contributed by atoms with Crippen LogP contribution in [0.3, 0.4) is 0 Å². The van der Waals surface area contributed by atoms with Gasteiger partial charge in [-0.25, -0.2) is 9.59 Å². The number of hydrogen-bond donors (Lipinski definition) is 0. The summed E-state index contributed by atoms with van der Waals surface area (Å²) >= 11 is 0. The second-order valence-corrected chi connectivity index (χ2v) is 9.29. The van der Waals surface area contributed by atoms with Gasteiger partial charge in [-0.3, -0.25) is 0 Å². The van der Waals surface area contributed by atoms with Crippen LogP contribution in [-0.2, 0) is 9.59 Å². The van der Waals surface area contributed by atoms with Crippen molar-refractivity contribution in [3.63, 3.8) is 0 Å². The molecule has 0 bridgehead atoms. The normalized spacial score (nSPS) is 9.48. The lowest BCUT2D eigenvalue weighted by Gasteiger charge is -2.03. The van der Waals surface area contributed by atoms with E-state index in [-0.39, 0.29) is 0 Å². The van der Waals surface area contributed by atoms with Crippen molar-refractivity contribution in [3.8, 4) is 47.0 Å². The first-order chi connectivity index (χ1) is 20.2. The van der Waals surface area contributed by atoms with E-state index < -0.39 is 11.9 Å². The van der Waals surface area contributed by atoms with E-state index in [9.17, 15) is 9.59 Å². The van der Waals surface area contributed by atoms with Crippen LogP contribution < -0.4 is 9.47 Å². The molecule has 0 radical (unpaired) electrons. The lowest BCUT2D eigenvalue weighted by atomic mass is 10.1. The summed E-state index contributed by atoms with van der Waals surface area (Å²) in [6.07, 6.45) is 0. The number of ether oxygens (including phenoxy) is 2. The molecule has 4 heteroatoms. The van der Waals surface area contributed by atoms with E-state index >= 15 is 0 Å². The monoisotopic (exact) mass is 546 g/mol. The first-order valence-corrected chi connectivity index (χ1v) is 13.0. The molecule has 0 aromatic heterocycles. The zero-order chi connectivity index (χ0) is 29.9. The van der Waals surface area contributed by atoms with Crippen LogP contribution in [0.4, 0.5) is 0 Å². The van der Waals surface area contributed by atoms with E-state index in [2.05, 4.69) is 48.7 Å². The highest BCUT2D eigenvalue weighted by Gasteiger charge is 2.05. The summed E-state index contributed by atoms with van der Waals surface area (Å²) in [5, 5.41) is 0. The topological polar surface area (TPSA) is 52.6 Å². The van der Waals surface area contributed by atoms with E-state index in [0.29, 0.717) is 22.6 Å². The number of carbonyl (C=O) groups excluding carboxylic acids is 2. The smallest absolute Gasteiger partial charge is 0.338 e. The van der Waals surface area contributed by atoms with Gasteiger partial charge in [0.25, 0.3) is 0 Å². The van der Waals surface area contributed by atoms with Crippen molar-refractivity contribution in [2.24, 2.45) is 0 Å². The first-order valence-electron chi connectivity index (χ1n) is 13.0. The third-order valence-electron chi connectivity index (χ3n) is 5.65. The summed E-state index contributed by atoms with van der Waals surface area (Å²) in [7, 11) is 0. The van der Waals surface area contributed by atoms with Crippen molar-refractivity contribution in [2.75, 3.05) is 0 Å². The van der Waals surface area contributed by atoms with Gasteiger partial charge in [0.05, 0.1) is 0 Å². The molecule has 0 saturated heterocycles. The zero-order valence-corrected chi connectivity index (χ0v) is 23.3. The van der Waals surface area contributed by atoms with E-state index in [4.69, 9.17) is 9.47 Å². The van der Waals surface area contributed by atoms with Crippen molar-refractivity contribution in [1.29, 1.82) is 0 Å². The lowest BCUT2D eigenvalue weighted by Crippen LogP contribution is -2.07. The van der Waals surface area contributed by atoms with Crippen molar-refractivity contribution in [1.82, 2.24) is 0 Å². The Balaban J connectivity index is 1.32. The number of benzene rings is 4. The summed E-state index contributed by atoms with van der Waals surface area (Å²) in [5.74, 6) is 18.8. The molecule has 0 amide bonds. The van der Waals surface area contributed by atoms with Gasteiger partial charge in [0.15, 0.2) is 0 Å². The minimum Gasteiger partial charge on any atom is -0.423 e. The fraction of sp³-hybridized carbons (Fsp3) is 0.0526. The van der Waals surface area contributed by atoms with Gasteiger partial charge in [-0.1, -0.05) is 48.7 Å². The molecule has 202 valence electrons. The molecule has 0 unspecified atom stereocenters. The molecule has 0 saturated carbocycles. The van der Waals surface area contributed by atoms with Gasteiger partial charge in [0.1, 0.15) is 11.5 Å². The molecule has 4 nitrogen and oxygen atoms in total. The molecule has 0 spiro atoms. The minimum atomic E-state index is -0.454. The van der Waals surface area contributed by atoms with Crippen LogP contribution in [0.1, 0.15) is 47.2 Å². The molecule has 4 aromatic carbocycles. The van der Waals surface area contributed by atoms with Crippen molar-refractivity contribution in [2.45, 2.75) is 13.8 Å². The molecule has 0 heterocycles. The Morgan fingerprint density at radius 2 is 0.619 bits per heavy atom. The molecule has 0 aliphatic heterocycles. The van der Waals surface area contributed by atoms with Gasteiger partial charge in [0, 0.05) is 44.5 Å². The number of rotatable bonds is 4. The van der Waals surface area contributed by atoms with E-state index in [1.54, 1.807) is 62.4 Å². The Morgan fingerprint density at radius 1 is 0.429 bits per heavy atom. The van der Waals surface area contributed by atoms with E-state index in [1.807, 2.05) is 48.5 Å². The molecule has 0 aliphatic carbocycles. The molecule has 0 atom stereocenters. The predicted octanol–water partition coefficient (Wildman–Crippen LogP) is 6.85. The Morgan fingerprint density at radius 3 is 0.810 bits per heavy atom. The van der Waals surface area contributed by atoms with Gasteiger partial charge >= 0.3 is 11.9 Å². The largest absolute Gasteiger partial charge is 0.423 e. The van der Waals surface area contributed by atoms with Gasteiger partial charge < -0.3 is 9.47 Å². The molecule has 0 N–H and O–H groups in total. The van der Waals surface area contributed by atoms with Crippen LogP contribution in [-0.4, -0.2) is 11.9 Å². The molecule has 4 rings (SSSR count). The third kappa shape index (κ3) is 8.75. The second-order valence-electron chi connectivity index (χ2n) is 9.29. The highest BCUT2D eigenvalue weighted by Crippen LogP contribution is 2.14. The fourth-order valence-electron chi connectivity index (χ4n) is 3.31. The summed E-state index contributed by atoms with van der Waals surface area (Å²) in [6, 6.07) is 29.4. The average Bonchev–Trinajstić information content (AvgIpc) is 3.00. The van der Waals surface area contributed by atoms with Crippen LogP contribution in [0.2, 0.25) is 0 Å². The van der Waals surface area contributed by atoms with Crippen LogP contribution in [0.15, 0.2) is 121 Å². The average molecular weight is 547 g/mol. The highest BCUT2D eigenvalue weighted by atomic mass is 16.5. The Bertz CT molecular complexity index is 1690. The van der Waals surface area contributed by atoms with Gasteiger partial charge in [-0.05, 0) is 111 Å². The lowest BCUT2D eigenvalue weighted by molar-refractivity contribution is -0.130. The summed E-state index contributed by atoms with van der Waals surface area (Å²) < 4.78 is 10.4. The maximum Gasteiger partial charge on any atom is 0.338 e. The van der Waals surface area contributed by atoms with Crippen molar-refractivity contribution < 1.29 is 19.1 Å². The summed E-state index contributed by atoms with van der Waals surface area (Å²) in [4.78, 5) is 23.2. The molecular formula is C38H26O4. The van der Waals surface area contributed by atoms with Crippen LogP contribution in [0.25, 0.3) is 0 Å². The Hall–Kier alpha value is -6.02. The number of hydrogen-bond acceptors (Lipinski definition) is 4. The standard InChI is InChI=1S/C38H26O4/c1-27(2)37(39)41-35-23-19-33(20-24-35)17-15-31-11-7-29(8-12-31)5-6-30-9-13-32(14-10-30)16-18-34-21-25-36(26-22-34)42-38(40)28(3)4/h7-14,19-26H,1,3H2,2,4H3. The van der Waals surface area contributed by atoms with Crippen LogP contribution in [0.5, 0.6) is 11.5 Å². The molecule has 0 aliphatic rings. The number of esters is 2. The maximum atomic E-state index is 11.6. The SMILES string of the molecule is C=C(C)C(=O)Oc1ccc(C#Cc2ccc(C#Cc3ccc(C#Cc4ccc(OC(=O)C(=C)C)cc4)cc3)cc2)cc1. The molecular weight excluding hydrogens is 520 g/mol. The second kappa shape index (κ2) is 13.9. The van der Waals surface area contributed by atoms with Crippen molar-refractivity contribution >= 4 is 11.9 Å². The Kier molecular flexibility index (Phi) is 9.56. The van der Waals surface area contributed by atoms with Crippen LogP contribution >= 0.6 is 0 Å². The van der Waals surface area contributed by atoms with Crippen LogP contribution in [0, 0.1) is 35.5 Å². The zero-order valence-electron chi connectivity index (χ0n) is 23.3. The molecule has 4 aromatic rings. The van der Waals surface area contributed by atoms with Gasteiger partial charge in [-0.2, -0.15) is 0 Å².